The van der Waals surface area contributed by atoms with Crippen LogP contribution in [0.4, 0.5) is 11.5 Å². The van der Waals surface area contributed by atoms with Crippen molar-refractivity contribution in [2.75, 3.05) is 18.4 Å². The van der Waals surface area contributed by atoms with E-state index in [2.05, 4.69) is 16.4 Å². The van der Waals surface area contributed by atoms with Crippen LogP contribution in [0.5, 0.6) is 0 Å². The highest BCUT2D eigenvalue weighted by Crippen LogP contribution is 2.29. The Labute approximate surface area is 183 Å². The second-order valence-electron chi connectivity index (χ2n) is 8.08. The Kier molecular flexibility index (Phi) is 6.41. The summed E-state index contributed by atoms with van der Waals surface area (Å²) in [7, 11) is 0. The Morgan fingerprint density at radius 3 is 2.68 bits per heavy atom. The molecule has 1 unspecified atom stereocenters. The zero-order chi connectivity index (χ0) is 21.6. The van der Waals surface area contributed by atoms with Gasteiger partial charge in [0.25, 0.3) is 0 Å². The van der Waals surface area contributed by atoms with E-state index in [-0.39, 0.29) is 11.8 Å². The number of aromatic nitrogens is 2. The lowest BCUT2D eigenvalue weighted by Gasteiger charge is -2.32. The van der Waals surface area contributed by atoms with Gasteiger partial charge in [-0.2, -0.15) is 0 Å². The van der Waals surface area contributed by atoms with Crippen molar-refractivity contribution < 1.29 is 4.79 Å². The van der Waals surface area contributed by atoms with E-state index >= 15 is 0 Å². The number of hydrogen-bond donors (Lipinski definition) is 1. The number of pyridine rings is 2. The summed E-state index contributed by atoms with van der Waals surface area (Å²) in [6.07, 6.45) is 5.57. The van der Waals surface area contributed by atoms with E-state index in [1.165, 1.54) is 0 Å². The first-order chi connectivity index (χ1) is 15.1. The number of benzene rings is 1. The average molecular weight is 413 g/mol. The van der Waals surface area contributed by atoms with Gasteiger partial charge in [-0.05, 0) is 62.6 Å². The Hall–Kier alpha value is -3.47. The van der Waals surface area contributed by atoms with Crippen LogP contribution in [-0.2, 0) is 4.79 Å². The number of nitrogens with zero attached hydrogens (tertiary/aromatic N) is 3. The lowest BCUT2D eigenvalue weighted by Crippen LogP contribution is -2.38. The lowest BCUT2D eigenvalue weighted by atomic mass is 9.93. The second kappa shape index (κ2) is 9.56. The van der Waals surface area contributed by atoms with Crippen LogP contribution in [0.25, 0.3) is 6.08 Å². The molecule has 5 nitrogen and oxygen atoms in total. The van der Waals surface area contributed by atoms with Crippen molar-refractivity contribution in [3.05, 3.63) is 89.4 Å². The first kappa shape index (κ1) is 20.8. The van der Waals surface area contributed by atoms with Gasteiger partial charge in [-0.25, -0.2) is 4.98 Å². The van der Waals surface area contributed by atoms with Crippen molar-refractivity contribution in [3.8, 4) is 0 Å². The summed E-state index contributed by atoms with van der Waals surface area (Å²) >= 11 is 0. The Morgan fingerprint density at radius 1 is 1.03 bits per heavy atom. The van der Waals surface area contributed by atoms with Gasteiger partial charge in [-0.15, -0.1) is 0 Å². The third-order valence-corrected chi connectivity index (χ3v) is 5.50. The van der Waals surface area contributed by atoms with E-state index in [1.807, 2.05) is 79.4 Å². The third-order valence-electron chi connectivity index (χ3n) is 5.50. The normalized spacial score (nSPS) is 16.5. The van der Waals surface area contributed by atoms with Crippen LogP contribution in [0.2, 0.25) is 0 Å². The van der Waals surface area contributed by atoms with Gasteiger partial charge in [0.05, 0.1) is 0 Å². The van der Waals surface area contributed by atoms with Crippen LogP contribution in [-0.4, -0.2) is 33.9 Å². The predicted octanol–water partition coefficient (Wildman–Crippen LogP) is 5.26. The van der Waals surface area contributed by atoms with Gasteiger partial charge in [0.1, 0.15) is 5.82 Å². The topological polar surface area (TPSA) is 58.1 Å². The second-order valence-corrected chi connectivity index (χ2v) is 8.08. The van der Waals surface area contributed by atoms with Crippen LogP contribution in [0.15, 0.2) is 66.7 Å². The van der Waals surface area contributed by atoms with Crippen LogP contribution in [0, 0.1) is 13.8 Å². The first-order valence-electron chi connectivity index (χ1n) is 10.8. The number of likely N-dealkylation sites (tertiary alicyclic amines) is 1. The van der Waals surface area contributed by atoms with Gasteiger partial charge >= 0.3 is 0 Å². The minimum atomic E-state index is 0.0588. The predicted molar refractivity (Wildman–Crippen MR) is 125 cm³/mol. The van der Waals surface area contributed by atoms with Crippen molar-refractivity contribution in [3.63, 3.8) is 0 Å². The monoisotopic (exact) mass is 412 g/mol. The van der Waals surface area contributed by atoms with E-state index in [4.69, 9.17) is 4.98 Å². The van der Waals surface area contributed by atoms with Gasteiger partial charge in [-0.1, -0.05) is 36.4 Å². The van der Waals surface area contributed by atoms with E-state index in [0.717, 1.165) is 53.5 Å². The molecule has 2 aromatic heterocycles. The molecule has 1 atom stereocenters. The third kappa shape index (κ3) is 5.57. The molecule has 0 radical (unpaired) electrons. The molecule has 31 heavy (non-hydrogen) atoms. The number of nitrogens with one attached hydrogen (secondary N) is 1. The summed E-state index contributed by atoms with van der Waals surface area (Å²) in [6.45, 7) is 5.47. The molecule has 1 aromatic carbocycles. The van der Waals surface area contributed by atoms with E-state index < -0.39 is 0 Å². The number of piperidine rings is 1. The fourth-order valence-electron chi connectivity index (χ4n) is 3.99. The number of hydrogen-bond acceptors (Lipinski definition) is 4. The molecule has 158 valence electrons. The molecule has 4 rings (SSSR count). The summed E-state index contributed by atoms with van der Waals surface area (Å²) in [5.74, 6) is 1.11. The molecule has 1 fully saturated rings. The maximum absolute atomic E-state index is 12.8. The van der Waals surface area contributed by atoms with Crippen molar-refractivity contribution in [2.45, 2.75) is 32.6 Å². The summed E-state index contributed by atoms with van der Waals surface area (Å²) in [4.78, 5) is 24.0. The minimum Gasteiger partial charge on any atom is -0.340 e. The van der Waals surface area contributed by atoms with Crippen molar-refractivity contribution >= 4 is 23.5 Å². The number of carbonyl (C=O) groups excluding carboxylic acids is 1. The molecule has 0 spiro atoms. The SMILES string of the molecule is Cc1cccc(Nc2cc(C)nc(C3CCCN(C(=O)/C=C/c4ccccc4)C3)c2)n1. The zero-order valence-corrected chi connectivity index (χ0v) is 18.1. The molecular formula is C26H28N4O. The smallest absolute Gasteiger partial charge is 0.246 e. The quantitative estimate of drug-likeness (QED) is 0.581. The molecule has 0 bridgehead atoms. The van der Waals surface area contributed by atoms with Crippen LogP contribution >= 0.6 is 0 Å². The highest BCUT2D eigenvalue weighted by atomic mass is 16.2. The largest absolute Gasteiger partial charge is 0.340 e. The number of amides is 1. The Balaban J connectivity index is 1.47. The zero-order valence-electron chi connectivity index (χ0n) is 18.1. The Bertz CT molecular complexity index is 1080. The van der Waals surface area contributed by atoms with Crippen molar-refractivity contribution in [2.24, 2.45) is 0 Å². The average Bonchev–Trinajstić information content (AvgIpc) is 2.78. The number of anilines is 2. The fourth-order valence-corrected chi connectivity index (χ4v) is 3.99. The van der Waals surface area contributed by atoms with E-state index in [9.17, 15) is 4.79 Å². The van der Waals surface area contributed by atoms with Gasteiger partial charge in [0.2, 0.25) is 5.91 Å². The number of aryl methyl sites for hydroxylation is 2. The minimum absolute atomic E-state index is 0.0588. The molecule has 0 aliphatic carbocycles. The molecular weight excluding hydrogens is 384 g/mol. The molecule has 3 aromatic rings. The van der Waals surface area contributed by atoms with E-state index in [1.54, 1.807) is 6.08 Å². The number of rotatable bonds is 5. The molecule has 1 saturated heterocycles. The molecule has 1 aliphatic heterocycles. The summed E-state index contributed by atoms with van der Waals surface area (Å²) in [5.41, 5.74) is 4.97. The summed E-state index contributed by atoms with van der Waals surface area (Å²) < 4.78 is 0. The summed E-state index contributed by atoms with van der Waals surface area (Å²) in [5, 5.41) is 3.39. The van der Waals surface area contributed by atoms with Crippen molar-refractivity contribution in [1.29, 1.82) is 0 Å². The van der Waals surface area contributed by atoms with Gasteiger partial charge in [-0.3, -0.25) is 9.78 Å². The maximum Gasteiger partial charge on any atom is 0.246 e. The number of carbonyl (C=O) groups is 1. The van der Waals surface area contributed by atoms with Gasteiger partial charge in [0, 0.05) is 47.9 Å². The van der Waals surface area contributed by atoms with Crippen LogP contribution in [0.1, 0.15) is 41.4 Å². The maximum atomic E-state index is 12.8. The molecule has 1 amide bonds. The molecule has 5 heteroatoms. The standard InChI is InChI=1S/C26H28N4O/c1-19-8-6-12-25(28-19)29-23-16-20(2)27-24(17-23)22-11-7-15-30(18-22)26(31)14-13-21-9-4-3-5-10-21/h3-6,8-10,12-14,16-17,22H,7,11,15,18H2,1-2H3,(H,27,28,29)/b14-13+. The molecule has 0 saturated carbocycles. The highest BCUT2D eigenvalue weighted by molar-refractivity contribution is 5.91. The lowest BCUT2D eigenvalue weighted by molar-refractivity contribution is -0.127. The van der Waals surface area contributed by atoms with Crippen LogP contribution in [0.3, 0.4) is 0 Å². The Morgan fingerprint density at radius 2 is 1.87 bits per heavy atom. The van der Waals surface area contributed by atoms with Gasteiger partial charge < -0.3 is 10.2 Å². The van der Waals surface area contributed by atoms with Crippen molar-refractivity contribution in [1.82, 2.24) is 14.9 Å². The molecule has 1 aliphatic rings. The highest BCUT2D eigenvalue weighted by Gasteiger charge is 2.25. The molecule has 3 heterocycles. The fraction of sp³-hybridized carbons (Fsp3) is 0.269. The van der Waals surface area contributed by atoms with E-state index in [0.29, 0.717) is 6.54 Å². The molecule has 1 N–H and O–H groups in total. The first-order valence-corrected chi connectivity index (χ1v) is 10.8. The van der Waals surface area contributed by atoms with Crippen LogP contribution < -0.4 is 5.32 Å². The summed E-state index contributed by atoms with van der Waals surface area (Å²) in [6, 6.07) is 20.0. The van der Waals surface area contributed by atoms with Gasteiger partial charge in [0.15, 0.2) is 0 Å².